The number of anilines is 3. The highest BCUT2D eigenvalue weighted by Gasteiger charge is 2.14. The molecule has 1 aliphatic rings. The maximum absolute atomic E-state index is 12.5. The van der Waals surface area contributed by atoms with Gasteiger partial charge >= 0.3 is 6.03 Å². The first-order chi connectivity index (χ1) is 13.7. The molecule has 1 aliphatic carbocycles. The number of fused-ring (bicyclic) bond motifs is 1. The lowest BCUT2D eigenvalue weighted by Crippen LogP contribution is -2.21. The number of rotatable bonds is 7. The average molecular weight is 417 g/mol. The predicted molar refractivity (Wildman–Crippen MR) is 121 cm³/mol. The molecule has 0 unspecified atom stereocenters. The minimum absolute atomic E-state index is 0. The van der Waals surface area contributed by atoms with Crippen molar-refractivity contribution in [3.8, 4) is 0 Å². The van der Waals surface area contributed by atoms with E-state index >= 15 is 0 Å². The van der Waals surface area contributed by atoms with Crippen LogP contribution in [0.2, 0.25) is 0 Å². The number of hydrogen-bond donors (Lipinski definition) is 4. The minimum Gasteiger partial charge on any atom is -0.326 e. The molecule has 0 bridgehead atoms. The van der Waals surface area contributed by atoms with Crippen molar-refractivity contribution in [3.63, 3.8) is 0 Å². The third-order valence-electron chi connectivity index (χ3n) is 4.88. The maximum atomic E-state index is 12.5. The van der Waals surface area contributed by atoms with Crippen molar-refractivity contribution >= 4 is 41.4 Å². The van der Waals surface area contributed by atoms with Crippen LogP contribution in [0.25, 0.3) is 0 Å². The Hall–Kier alpha value is -2.57. The molecule has 0 aromatic heterocycles. The van der Waals surface area contributed by atoms with Crippen molar-refractivity contribution in [2.24, 2.45) is 0 Å². The standard InChI is InChI=1S/C22H28N4O2.ClH/c1-23-14-6-13-21(27)24-17-9-5-10-18(15-17)25-22(28)26-20-12-4-8-16-7-2-3-11-19(16)20;/h4-5,8-10,12,15,23H,2-3,6-7,11,13-14H2,1H3,(H,24,27)(H2,25,26,28);1H. The molecule has 4 N–H and O–H groups in total. The molecular weight excluding hydrogens is 388 g/mol. The summed E-state index contributed by atoms with van der Waals surface area (Å²) >= 11 is 0. The smallest absolute Gasteiger partial charge is 0.323 e. The molecule has 0 heterocycles. The topological polar surface area (TPSA) is 82.3 Å². The van der Waals surface area contributed by atoms with Crippen molar-refractivity contribution in [1.29, 1.82) is 0 Å². The molecule has 0 radical (unpaired) electrons. The number of aryl methyl sites for hydroxylation is 1. The van der Waals surface area contributed by atoms with Crippen LogP contribution in [0, 0.1) is 0 Å². The van der Waals surface area contributed by atoms with Crippen LogP contribution < -0.4 is 21.3 Å². The SMILES string of the molecule is CNCCCC(=O)Nc1cccc(NC(=O)Nc2cccc3c2CCCC3)c1.Cl. The van der Waals surface area contributed by atoms with Gasteiger partial charge in [-0.2, -0.15) is 0 Å². The number of benzene rings is 2. The molecule has 2 aromatic carbocycles. The summed E-state index contributed by atoms with van der Waals surface area (Å²) in [7, 11) is 1.86. The number of carbonyl (C=O) groups is 2. The molecule has 0 aliphatic heterocycles. The lowest BCUT2D eigenvalue weighted by Gasteiger charge is -2.19. The number of urea groups is 1. The monoisotopic (exact) mass is 416 g/mol. The average Bonchev–Trinajstić information content (AvgIpc) is 2.69. The molecule has 3 amide bonds. The van der Waals surface area contributed by atoms with Crippen LogP contribution in [0.15, 0.2) is 42.5 Å². The van der Waals surface area contributed by atoms with E-state index in [1.165, 1.54) is 17.5 Å². The molecule has 0 saturated heterocycles. The number of nitrogens with one attached hydrogen (secondary N) is 4. The van der Waals surface area contributed by atoms with E-state index in [2.05, 4.69) is 27.3 Å². The van der Waals surface area contributed by atoms with Gasteiger partial charge in [-0.15, -0.1) is 12.4 Å². The Labute approximate surface area is 178 Å². The Bertz CT molecular complexity index is 841. The summed E-state index contributed by atoms with van der Waals surface area (Å²) < 4.78 is 0. The van der Waals surface area contributed by atoms with Gasteiger partial charge < -0.3 is 21.3 Å². The van der Waals surface area contributed by atoms with Gasteiger partial charge in [0.2, 0.25) is 5.91 Å². The fourth-order valence-electron chi connectivity index (χ4n) is 3.51. The summed E-state index contributed by atoms with van der Waals surface area (Å²) in [4.78, 5) is 24.4. The van der Waals surface area contributed by atoms with Crippen LogP contribution in [0.3, 0.4) is 0 Å². The summed E-state index contributed by atoms with van der Waals surface area (Å²) in [5.74, 6) is -0.0345. The highest BCUT2D eigenvalue weighted by atomic mass is 35.5. The van der Waals surface area contributed by atoms with Gasteiger partial charge in [0.05, 0.1) is 0 Å². The second kappa shape index (κ2) is 11.4. The van der Waals surface area contributed by atoms with Crippen LogP contribution in [0.5, 0.6) is 0 Å². The van der Waals surface area contributed by atoms with Gasteiger partial charge in [-0.1, -0.05) is 18.2 Å². The third kappa shape index (κ3) is 6.76. The van der Waals surface area contributed by atoms with Gasteiger partial charge in [-0.25, -0.2) is 4.79 Å². The molecule has 6 nitrogen and oxygen atoms in total. The van der Waals surface area contributed by atoms with Gasteiger partial charge in [-0.05, 0) is 81.1 Å². The van der Waals surface area contributed by atoms with Gasteiger partial charge in [-0.3, -0.25) is 4.79 Å². The molecule has 3 rings (SSSR count). The van der Waals surface area contributed by atoms with Crippen molar-refractivity contribution in [3.05, 3.63) is 53.6 Å². The number of carbonyl (C=O) groups excluding carboxylic acids is 2. The molecule has 0 fully saturated rings. The Morgan fingerprint density at radius 3 is 2.45 bits per heavy atom. The van der Waals surface area contributed by atoms with Gasteiger partial charge in [0.1, 0.15) is 0 Å². The summed E-state index contributed by atoms with van der Waals surface area (Å²) in [6, 6.07) is 13.0. The molecule has 0 saturated carbocycles. The predicted octanol–water partition coefficient (Wildman–Crippen LogP) is 4.57. The zero-order valence-electron chi connectivity index (χ0n) is 16.7. The first-order valence-electron chi connectivity index (χ1n) is 9.89. The quantitative estimate of drug-likeness (QED) is 0.499. The van der Waals surface area contributed by atoms with Gasteiger partial charge in [0.25, 0.3) is 0 Å². The fraction of sp³-hybridized carbons (Fsp3) is 0.364. The molecule has 0 spiro atoms. The van der Waals surface area contributed by atoms with Crippen LogP contribution in [-0.4, -0.2) is 25.5 Å². The summed E-state index contributed by atoms with van der Waals surface area (Å²) in [6.45, 7) is 0.804. The van der Waals surface area contributed by atoms with E-state index in [1.807, 2.05) is 31.3 Å². The van der Waals surface area contributed by atoms with E-state index < -0.39 is 0 Å². The van der Waals surface area contributed by atoms with Gasteiger partial charge in [0, 0.05) is 23.5 Å². The van der Waals surface area contributed by atoms with Crippen molar-refractivity contribution < 1.29 is 9.59 Å². The van der Waals surface area contributed by atoms with E-state index in [-0.39, 0.29) is 24.3 Å². The molecule has 156 valence electrons. The lowest BCUT2D eigenvalue weighted by molar-refractivity contribution is -0.116. The Morgan fingerprint density at radius 2 is 1.66 bits per heavy atom. The highest BCUT2D eigenvalue weighted by Crippen LogP contribution is 2.28. The second-order valence-corrected chi connectivity index (χ2v) is 7.07. The third-order valence-corrected chi connectivity index (χ3v) is 4.88. The second-order valence-electron chi connectivity index (χ2n) is 7.07. The Morgan fingerprint density at radius 1 is 0.931 bits per heavy atom. The fourth-order valence-corrected chi connectivity index (χ4v) is 3.51. The summed E-state index contributed by atoms with van der Waals surface area (Å²) in [5.41, 5.74) is 4.75. The minimum atomic E-state index is -0.281. The summed E-state index contributed by atoms with van der Waals surface area (Å²) in [6.07, 6.45) is 5.67. The van der Waals surface area contributed by atoms with E-state index in [1.54, 1.807) is 12.1 Å². The van der Waals surface area contributed by atoms with Crippen LogP contribution in [-0.2, 0) is 17.6 Å². The Kier molecular flexibility index (Phi) is 8.96. The van der Waals surface area contributed by atoms with Gasteiger partial charge in [0.15, 0.2) is 0 Å². The van der Waals surface area contributed by atoms with E-state index in [9.17, 15) is 9.59 Å². The summed E-state index contributed by atoms with van der Waals surface area (Å²) in [5, 5.41) is 11.7. The number of hydrogen-bond acceptors (Lipinski definition) is 3. The van der Waals surface area contributed by atoms with E-state index in [0.717, 1.165) is 37.9 Å². The van der Waals surface area contributed by atoms with E-state index in [0.29, 0.717) is 17.8 Å². The normalized spacial score (nSPS) is 12.3. The zero-order valence-corrected chi connectivity index (χ0v) is 17.5. The molecule has 0 atom stereocenters. The first-order valence-corrected chi connectivity index (χ1v) is 9.89. The van der Waals surface area contributed by atoms with Crippen molar-refractivity contribution in [1.82, 2.24) is 5.32 Å². The van der Waals surface area contributed by atoms with Crippen molar-refractivity contribution in [2.75, 3.05) is 29.5 Å². The molecule has 29 heavy (non-hydrogen) atoms. The Balaban J connectivity index is 0.00000300. The van der Waals surface area contributed by atoms with Crippen LogP contribution >= 0.6 is 12.4 Å². The van der Waals surface area contributed by atoms with Crippen LogP contribution in [0.1, 0.15) is 36.8 Å². The number of halogens is 1. The lowest BCUT2D eigenvalue weighted by atomic mass is 9.90. The highest BCUT2D eigenvalue weighted by molar-refractivity contribution is 6.01. The molecular formula is C22H29ClN4O2. The first kappa shape index (κ1) is 22.7. The maximum Gasteiger partial charge on any atom is 0.323 e. The number of amides is 3. The van der Waals surface area contributed by atoms with Crippen molar-refractivity contribution in [2.45, 2.75) is 38.5 Å². The largest absolute Gasteiger partial charge is 0.326 e. The molecule has 2 aromatic rings. The van der Waals surface area contributed by atoms with E-state index in [4.69, 9.17) is 0 Å². The van der Waals surface area contributed by atoms with Crippen LogP contribution in [0.4, 0.5) is 21.9 Å². The zero-order chi connectivity index (χ0) is 19.8. The molecule has 7 heteroatoms.